The lowest BCUT2D eigenvalue weighted by molar-refractivity contribution is 0.00624. The second kappa shape index (κ2) is 14.3. The predicted molar refractivity (Wildman–Crippen MR) is 207 cm³/mol. The quantitative estimate of drug-likeness (QED) is 0.128. The van der Waals surface area contributed by atoms with E-state index in [1.54, 1.807) is 7.11 Å². The van der Waals surface area contributed by atoms with Crippen LogP contribution >= 0.6 is 15.9 Å². The molecular weight excluding hydrogens is 682 g/mol. The van der Waals surface area contributed by atoms with Crippen molar-refractivity contribution in [2.45, 2.75) is 55.8 Å². The molecule has 2 bridgehead atoms. The summed E-state index contributed by atoms with van der Waals surface area (Å²) >= 11 is 3.66. The number of rotatable bonds is 12. The molecule has 0 spiro atoms. The Bertz CT molecular complexity index is 2090. The second-order valence-electron chi connectivity index (χ2n) is 14.2. The molecule has 5 aromatic carbocycles. The van der Waals surface area contributed by atoms with Crippen LogP contribution in [0.1, 0.15) is 53.9 Å². The van der Waals surface area contributed by atoms with Crippen LogP contribution in [0.2, 0.25) is 0 Å². The number of benzene rings is 5. The Hall–Kier alpha value is -4.07. The molecule has 0 aliphatic carbocycles. The Morgan fingerprint density at radius 3 is 2.26 bits per heavy atom. The molecule has 254 valence electrons. The van der Waals surface area contributed by atoms with Crippen molar-refractivity contribution >= 4 is 37.6 Å². The molecular formula is C44H44BrN3O2. The van der Waals surface area contributed by atoms with E-state index in [-0.39, 0.29) is 0 Å². The first kappa shape index (κ1) is 33.1. The maximum Gasteiger partial charge on any atom is 0.217 e. The Kier molecular flexibility index (Phi) is 9.45. The summed E-state index contributed by atoms with van der Waals surface area (Å²) in [5.41, 5.74) is 3.87. The van der Waals surface area contributed by atoms with Crippen LogP contribution in [-0.2, 0) is 12.1 Å². The van der Waals surface area contributed by atoms with Crippen LogP contribution in [0.25, 0.3) is 21.7 Å². The van der Waals surface area contributed by atoms with Gasteiger partial charge in [0.15, 0.2) is 0 Å². The molecule has 0 saturated carbocycles. The van der Waals surface area contributed by atoms with E-state index in [1.807, 2.05) is 18.2 Å². The minimum Gasteiger partial charge on any atom is -0.481 e. The van der Waals surface area contributed by atoms with Gasteiger partial charge < -0.3 is 9.84 Å². The minimum absolute atomic E-state index is 0.412. The highest BCUT2D eigenvalue weighted by Crippen LogP contribution is 2.48. The number of aromatic nitrogens is 1. The molecule has 1 N–H and O–H groups in total. The van der Waals surface area contributed by atoms with Gasteiger partial charge in [-0.2, -0.15) is 0 Å². The van der Waals surface area contributed by atoms with Gasteiger partial charge in [0.2, 0.25) is 5.88 Å². The lowest BCUT2D eigenvalue weighted by atomic mass is 9.71. The van der Waals surface area contributed by atoms with Gasteiger partial charge in [0, 0.05) is 53.1 Å². The van der Waals surface area contributed by atoms with Crippen molar-refractivity contribution < 1.29 is 9.84 Å². The van der Waals surface area contributed by atoms with E-state index in [0.717, 1.165) is 81.9 Å². The molecule has 2 aliphatic heterocycles. The van der Waals surface area contributed by atoms with E-state index in [4.69, 9.17) is 9.72 Å². The van der Waals surface area contributed by atoms with E-state index in [0.29, 0.717) is 24.4 Å². The molecule has 50 heavy (non-hydrogen) atoms. The van der Waals surface area contributed by atoms with Gasteiger partial charge >= 0.3 is 0 Å². The molecule has 3 heterocycles. The Morgan fingerprint density at radius 2 is 1.50 bits per heavy atom. The van der Waals surface area contributed by atoms with Gasteiger partial charge in [0.25, 0.3) is 0 Å². The SMILES string of the molecule is COc1nc2ccc(Br)cc2cc1C(c1ccccc1)C(O)(CCCCN1CC2CC1CN2Cc1ccccc1)c1ccc2ccccc2c1. The van der Waals surface area contributed by atoms with Crippen LogP contribution in [0.5, 0.6) is 5.88 Å². The fourth-order valence-corrected chi connectivity index (χ4v) is 8.99. The molecule has 6 heteroatoms. The number of likely N-dealkylation sites (tertiary alicyclic amines) is 2. The highest BCUT2D eigenvalue weighted by Gasteiger charge is 2.44. The monoisotopic (exact) mass is 725 g/mol. The van der Waals surface area contributed by atoms with Crippen molar-refractivity contribution in [2.24, 2.45) is 0 Å². The number of piperazine rings is 1. The van der Waals surface area contributed by atoms with Crippen LogP contribution < -0.4 is 4.74 Å². The first-order chi connectivity index (χ1) is 24.5. The lowest BCUT2D eigenvalue weighted by Crippen LogP contribution is -2.46. The molecule has 6 aromatic rings. The summed E-state index contributed by atoms with van der Waals surface area (Å²) in [6.07, 6.45) is 3.78. The van der Waals surface area contributed by atoms with Crippen LogP contribution in [0.15, 0.2) is 132 Å². The molecule has 0 radical (unpaired) electrons. The Balaban J connectivity index is 1.10. The molecule has 2 aliphatic rings. The molecule has 2 fully saturated rings. The van der Waals surface area contributed by atoms with Crippen LogP contribution in [0.3, 0.4) is 0 Å². The summed E-state index contributed by atoms with van der Waals surface area (Å²) in [5.74, 6) is 0.131. The second-order valence-corrected chi connectivity index (χ2v) is 15.1. The highest BCUT2D eigenvalue weighted by atomic mass is 79.9. The molecule has 2 saturated heterocycles. The lowest BCUT2D eigenvalue weighted by Gasteiger charge is -2.39. The third-order valence-electron chi connectivity index (χ3n) is 11.1. The number of halogens is 1. The number of pyridine rings is 1. The number of aliphatic hydroxyl groups is 1. The minimum atomic E-state index is -1.23. The average Bonchev–Trinajstić information content (AvgIpc) is 3.74. The van der Waals surface area contributed by atoms with Crippen LogP contribution in [-0.4, -0.2) is 58.7 Å². The van der Waals surface area contributed by atoms with Crippen molar-refractivity contribution in [2.75, 3.05) is 26.7 Å². The van der Waals surface area contributed by atoms with Crippen molar-refractivity contribution in [1.82, 2.24) is 14.8 Å². The number of nitrogens with zero attached hydrogens (tertiary/aromatic N) is 3. The van der Waals surface area contributed by atoms with E-state index >= 15 is 0 Å². The number of hydrogen-bond donors (Lipinski definition) is 1. The highest BCUT2D eigenvalue weighted by molar-refractivity contribution is 9.10. The molecule has 4 atom stereocenters. The zero-order valence-corrected chi connectivity index (χ0v) is 30.2. The van der Waals surface area contributed by atoms with Crippen molar-refractivity contribution in [3.63, 3.8) is 0 Å². The summed E-state index contributed by atoms with van der Waals surface area (Å²) < 4.78 is 7.00. The van der Waals surface area contributed by atoms with Gasteiger partial charge in [-0.1, -0.05) is 113 Å². The van der Waals surface area contributed by atoms with E-state index in [9.17, 15) is 5.11 Å². The third-order valence-corrected chi connectivity index (χ3v) is 11.6. The van der Waals surface area contributed by atoms with Crippen molar-refractivity contribution in [3.8, 4) is 5.88 Å². The topological polar surface area (TPSA) is 48.8 Å². The standard InChI is InChI=1S/C44H44BrN3O2/c1-50-43-40(26-35-25-37(45)20-21-41(35)46-43)42(33-15-6-3-7-16-33)44(49,36-19-18-32-14-8-9-17-34(32)24-36)22-10-11-23-47-29-39-27-38(47)30-48(39)28-31-12-4-2-5-13-31/h2-9,12-21,24-26,38-39,42,49H,10-11,22-23,27-30H2,1H3. The fraction of sp³-hybridized carbons (Fsp3) is 0.295. The van der Waals surface area contributed by atoms with Gasteiger partial charge in [-0.15, -0.1) is 0 Å². The predicted octanol–water partition coefficient (Wildman–Crippen LogP) is 9.31. The first-order valence-electron chi connectivity index (χ1n) is 17.9. The summed E-state index contributed by atoms with van der Waals surface area (Å²) in [6.45, 7) is 4.37. The molecule has 4 unspecified atom stereocenters. The number of methoxy groups -OCH3 is 1. The molecule has 0 amide bonds. The number of hydrogen-bond acceptors (Lipinski definition) is 5. The summed E-state index contributed by atoms with van der Waals surface area (Å²) in [4.78, 5) is 10.3. The smallest absolute Gasteiger partial charge is 0.217 e. The summed E-state index contributed by atoms with van der Waals surface area (Å²) in [5, 5.41) is 16.7. The average molecular weight is 727 g/mol. The van der Waals surface area contributed by atoms with Gasteiger partial charge in [-0.25, -0.2) is 4.98 Å². The van der Waals surface area contributed by atoms with Crippen molar-refractivity contribution in [1.29, 1.82) is 0 Å². The maximum atomic E-state index is 13.4. The van der Waals surface area contributed by atoms with Gasteiger partial charge in [0.1, 0.15) is 5.60 Å². The zero-order chi connectivity index (χ0) is 34.1. The molecule has 5 nitrogen and oxygen atoms in total. The first-order valence-corrected chi connectivity index (χ1v) is 18.7. The van der Waals surface area contributed by atoms with Crippen LogP contribution in [0, 0.1) is 0 Å². The Labute approximate surface area is 303 Å². The molecule has 8 rings (SSSR count). The van der Waals surface area contributed by atoms with E-state index in [2.05, 4.69) is 135 Å². The third kappa shape index (κ3) is 6.58. The van der Waals surface area contributed by atoms with Crippen LogP contribution in [0.4, 0.5) is 0 Å². The van der Waals surface area contributed by atoms with Gasteiger partial charge in [-0.05, 0) is 90.0 Å². The summed E-state index contributed by atoms with van der Waals surface area (Å²) in [7, 11) is 1.68. The Morgan fingerprint density at radius 1 is 0.780 bits per heavy atom. The van der Waals surface area contributed by atoms with Gasteiger partial charge in [0.05, 0.1) is 12.6 Å². The zero-order valence-electron chi connectivity index (χ0n) is 28.6. The van der Waals surface area contributed by atoms with E-state index in [1.165, 1.54) is 12.0 Å². The van der Waals surface area contributed by atoms with Crippen molar-refractivity contribution in [3.05, 3.63) is 154 Å². The van der Waals surface area contributed by atoms with Gasteiger partial charge in [-0.3, -0.25) is 9.80 Å². The van der Waals surface area contributed by atoms with E-state index < -0.39 is 11.5 Å². The summed E-state index contributed by atoms with van der Waals surface area (Å²) in [6, 6.07) is 45.6. The fourth-order valence-electron chi connectivity index (χ4n) is 8.61. The normalized spacial score (nSPS) is 19.6. The number of ether oxygens (including phenoxy) is 1. The number of unbranched alkanes of at least 4 members (excludes halogenated alkanes) is 1. The number of fused-ring (bicyclic) bond motifs is 4. The largest absolute Gasteiger partial charge is 0.481 e. The maximum absolute atomic E-state index is 13.4. The molecule has 1 aromatic heterocycles.